The van der Waals surface area contributed by atoms with Crippen molar-refractivity contribution in [1.82, 2.24) is 4.98 Å². The van der Waals surface area contributed by atoms with Gasteiger partial charge in [0, 0.05) is 16.7 Å². The van der Waals surface area contributed by atoms with Gasteiger partial charge in [0.05, 0.1) is 6.20 Å². The third-order valence-corrected chi connectivity index (χ3v) is 3.52. The first-order chi connectivity index (χ1) is 9.25. The molecule has 0 aliphatic rings. The zero-order valence-corrected chi connectivity index (χ0v) is 10.5. The second kappa shape index (κ2) is 4.81. The van der Waals surface area contributed by atoms with Crippen LogP contribution in [0, 0.1) is 0 Å². The molecule has 6 heteroatoms. The van der Waals surface area contributed by atoms with E-state index in [0.717, 1.165) is 5.39 Å². The fraction of sp³-hybridized carbons (Fsp3) is 0.0769. The summed E-state index contributed by atoms with van der Waals surface area (Å²) in [5, 5.41) is 10.5. The monoisotopic (exact) mass is 275 g/mol. The van der Waals surface area contributed by atoms with E-state index in [1.165, 1.54) is 18.0 Å². The van der Waals surface area contributed by atoms with E-state index in [4.69, 9.17) is 8.83 Å². The van der Waals surface area contributed by atoms with Crippen LogP contribution in [0.1, 0.15) is 16.1 Å². The van der Waals surface area contributed by atoms with E-state index in [-0.39, 0.29) is 5.76 Å². The molecule has 0 spiro atoms. The number of carboxylic acid groups (broad SMARTS) is 1. The maximum absolute atomic E-state index is 11.2. The van der Waals surface area contributed by atoms with Crippen LogP contribution in [0.5, 0.6) is 0 Å². The average molecular weight is 275 g/mol. The van der Waals surface area contributed by atoms with Crippen molar-refractivity contribution in [2.45, 2.75) is 11.0 Å². The zero-order valence-electron chi connectivity index (χ0n) is 9.70. The number of thioether (sulfide) groups is 1. The summed E-state index contributed by atoms with van der Waals surface area (Å²) in [5.41, 5.74) is 1.22. The van der Waals surface area contributed by atoms with Crippen LogP contribution in [0.2, 0.25) is 0 Å². The maximum Gasteiger partial charge on any atom is 0.372 e. The van der Waals surface area contributed by atoms with Crippen LogP contribution in [0.4, 0.5) is 0 Å². The molecule has 1 N–H and O–H groups in total. The normalized spacial score (nSPS) is 10.9. The number of aromatic carboxylic acids is 1. The minimum Gasteiger partial charge on any atom is -0.475 e. The van der Waals surface area contributed by atoms with Gasteiger partial charge in [-0.15, -0.1) is 0 Å². The predicted octanol–water partition coefficient (Wildman–Crippen LogP) is 3.41. The molecule has 0 fully saturated rings. The number of carbonyl (C=O) groups is 1. The van der Waals surface area contributed by atoms with Crippen LogP contribution in [-0.2, 0) is 5.75 Å². The molecule has 5 nitrogen and oxygen atoms in total. The Morgan fingerprint density at radius 1 is 1.37 bits per heavy atom. The second-order valence-electron chi connectivity index (χ2n) is 3.80. The third kappa shape index (κ3) is 2.22. The molecule has 0 atom stereocenters. The van der Waals surface area contributed by atoms with Crippen molar-refractivity contribution in [3.05, 3.63) is 48.0 Å². The first-order valence-corrected chi connectivity index (χ1v) is 6.50. The lowest BCUT2D eigenvalue weighted by atomic mass is 10.1. The molecule has 0 saturated heterocycles. The Morgan fingerprint density at radius 2 is 2.21 bits per heavy atom. The number of para-hydroxylation sites is 1. The average Bonchev–Trinajstić information content (AvgIpc) is 3.03. The summed E-state index contributed by atoms with van der Waals surface area (Å²) in [6, 6.07) is 7.25. The predicted molar refractivity (Wildman–Crippen MR) is 69.2 cm³/mol. The standard InChI is InChI=1S/C13H9NO4S/c15-12(16)11-9(7-19-13-14-5-6-17-13)8-3-1-2-4-10(8)18-11/h1-6H,7H2,(H,15,16). The summed E-state index contributed by atoms with van der Waals surface area (Å²) < 4.78 is 10.5. The lowest BCUT2D eigenvalue weighted by molar-refractivity contribution is 0.0664. The Labute approximate surface area is 112 Å². The van der Waals surface area contributed by atoms with Crippen molar-refractivity contribution in [3.8, 4) is 0 Å². The van der Waals surface area contributed by atoms with Crippen molar-refractivity contribution in [2.75, 3.05) is 0 Å². The number of carboxylic acids is 1. The Bertz CT molecular complexity index is 717. The van der Waals surface area contributed by atoms with Gasteiger partial charge in [-0.3, -0.25) is 0 Å². The lowest BCUT2D eigenvalue weighted by Crippen LogP contribution is -1.97. The molecule has 0 unspecified atom stereocenters. The summed E-state index contributed by atoms with van der Waals surface area (Å²) >= 11 is 1.33. The largest absolute Gasteiger partial charge is 0.475 e. The van der Waals surface area contributed by atoms with Gasteiger partial charge < -0.3 is 13.9 Å². The van der Waals surface area contributed by atoms with Crippen molar-refractivity contribution in [2.24, 2.45) is 0 Å². The Balaban J connectivity index is 2.00. The summed E-state index contributed by atoms with van der Waals surface area (Å²) in [7, 11) is 0. The number of fused-ring (bicyclic) bond motifs is 1. The van der Waals surface area contributed by atoms with Crippen LogP contribution in [-0.4, -0.2) is 16.1 Å². The van der Waals surface area contributed by atoms with Gasteiger partial charge in [-0.25, -0.2) is 9.78 Å². The molecule has 96 valence electrons. The SMILES string of the molecule is O=C(O)c1oc2ccccc2c1CSc1ncco1. The first-order valence-electron chi connectivity index (χ1n) is 5.51. The number of hydrogen-bond acceptors (Lipinski definition) is 5. The van der Waals surface area contributed by atoms with Crippen molar-refractivity contribution >= 4 is 28.7 Å². The number of oxazole rings is 1. The minimum absolute atomic E-state index is 0.0275. The van der Waals surface area contributed by atoms with Crippen LogP contribution in [0.15, 0.2) is 50.8 Å². The van der Waals surface area contributed by atoms with Gasteiger partial charge in [-0.05, 0) is 6.07 Å². The summed E-state index contributed by atoms with van der Waals surface area (Å²) in [5.74, 6) is -0.668. The van der Waals surface area contributed by atoms with E-state index in [0.29, 0.717) is 22.1 Å². The lowest BCUT2D eigenvalue weighted by Gasteiger charge is -1.97. The van der Waals surface area contributed by atoms with Gasteiger partial charge in [-0.1, -0.05) is 30.0 Å². The number of rotatable bonds is 4. The maximum atomic E-state index is 11.2. The van der Waals surface area contributed by atoms with E-state index in [9.17, 15) is 9.90 Å². The highest BCUT2D eigenvalue weighted by Crippen LogP contribution is 2.31. The van der Waals surface area contributed by atoms with Gasteiger partial charge in [-0.2, -0.15) is 0 Å². The quantitative estimate of drug-likeness (QED) is 0.735. The molecule has 3 aromatic rings. The molecule has 2 heterocycles. The third-order valence-electron chi connectivity index (χ3n) is 2.64. The fourth-order valence-corrected chi connectivity index (χ4v) is 2.64. The first kappa shape index (κ1) is 11.9. The van der Waals surface area contributed by atoms with E-state index in [1.807, 2.05) is 18.2 Å². The Morgan fingerprint density at radius 3 is 2.95 bits per heavy atom. The highest BCUT2D eigenvalue weighted by molar-refractivity contribution is 7.98. The summed E-state index contributed by atoms with van der Waals surface area (Å²) in [6.07, 6.45) is 3.03. The smallest absolute Gasteiger partial charge is 0.372 e. The molecule has 0 aliphatic carbocycles. The second-order valence-corrected chi connectivity index (χ2v) is 4.72. The molecule has 0 saturated carbocycles. The molecule has 0 radical (unpaired) electrons. The number of nitrogens with zero attached hydrogens (tertiary/aromatic N) is 1. The summed E-state index contributed by atoms with van der Waals surface area (Å²) in [6.45, 7) is 0. The van der Waals surface area contributed by atoms with E-state index in [1.54, 1.807) is 12.3 Å². The molecule has 0 bridgehead atoms. The molecule has 0 amide bonds. The van der Waals surface area contributed by atoms with E-state index in [2.05, 4.69) is 4.98 Å². The summed E-state index contributed by atoms with van der Waals surface area (Å²) in [4.78, 5) is 15.2. The number of hydrogen-bond donors (Lipinski definition) is 1. The van der Waals surface area contributed by atoms with Gasteiger partial charge in [0.25, 0.3) is 5.22 Å². The molecule has 0 aliphatic heterocycles. The molecule has 3 rings (SSSR count). The Kier molecular flexibility index (Phi) is 3.00. The molecular weight excluding hydrogens is 266 g/mol. The van der Waals surface area contributed by atoms with E-state index >= 15 is 0 Å². The molecule has 1 aromatic carbocycles. The van der Waals surface area contributed by atoms with Crippen LogP contribution in [0.25, 0.3) is 11.0 Å². The minimum atomic E-state index is -1.07. The Hall–Kier alpha value is -2.21. The number of furan rings is 1. The molecular formula is C13H9NO4S. The highest BCUT2D eigenvalue weighted by atomic mass is 32.2. The van der Waals surface area contributed by atoms with Crippen molar-refractivity contribution in [3.63, 3.8) is 0 Å². The van der Waals surface area contributed by atoms with Crippen LogP contribution in [0.3, 0.4) is 0 Å². The zero-order chi connectivity index (χ0) is 13.2. The fourth-order valence-electron chi connectivity index (χ4n) is 1.83. The highest BCUT2D eigenvalue weighted by Gasteiger charge is 2.20. The van der Waals surface area contributed by atoms with Crippen LogP contribution < -0.4 is 0 Å². The number of aromatic nitrogens is 1. The van der Waals surface area contributed by atoms with Crippen molar-refractivity contribution in [1.29, 1.82) is 0 Å². The topological polar surface area (TPSA) is 76.5 Å². The van der Waals surface area contributed by atoms with E-state index < -0.39 is 5.97 Å². The van der Waals surface area contributed by atoms with Gasteiger partial charge in [0.15, 0.2) is 0 Å². The number of benzene rings is 1. The van der Waals surface area contributed by atoms with Gasteiger partial charge >= 0.3 is 5.97 Å². The molecule has 19 heavy (non-hydrogen) atoms. The van der Waals surface area contributed by atoms with Crippen molar-refractivity contribution < 1.29 is 18.7 Å². The molecule has 2 aromatic heterocycles. The van der Waals surface area contributed by atoms with Gasteiger partial charge in [0.1, 0.15) is 11.8 Å². The van der Waals surface area contributed by atoms with Gasteiger partial charge in [0.2, 0.25) is 5.76 Å². The van der Waals surface area contributed by atoms with Crippen LogP contribution >= 0.6 is 11.8 Å².